The largest absolute Gasteiger partial charge is 0.478 e. The number of fused-ring (bicyclic) bond motifs is 6. The predicted octanol–water partition coefficient (Wildman–Crippen LogP) is 3.12. The molecule has 2 aliphatic rings. The van der Waals surface area contributed by atoms with Gasteiger partial charge in [0.2, 0.25) is 0 Å². The molecule has 1 spiro atoms. The van der Waals surface area contributed by atoms with Crippen LogP contribution < -0.4 is 16.2 Å². The Labute approximate surface area is 159 Å². The molecule has 7 heteroatoms. The summed E-state index contributed by atoms with van der Waals surface area (Å²) in [6.07, 6.45) is 0. The van der Waals surface area contributed by atoms with E-state index < -0.39 is 17.5 Å². The van der Waals surface area contributed by atoms with Gasteiger partial charge >= 0.3 is 11.9 Å². The van der Waals surface area contributed by atoms with E-state index in [1.165, 1.54) is 12.1 Å². The van der Waals surface area contributed by atoms with Gasteiger partial charge in [-0.25, -0.2) is 9.59 Å². The van der Waals surface area contributed by atoms with E-state index in [4.69, 9.17) is 20.9 Å². The highest BCUT2D eigenvalue weighted by Gasteiger charge is 2.53. The summed E-state index contributed by atoms with van der Waals surface area (Å²) < 4.78 is 11.9. The molecule has 0 aliphatic carbocycles. The Hall–Kier alpha value is -4.00. The Kier molecular flexibility index (Phi) is 3.04. The van der Waals surface area contributed by atoms with Crippen LogP contribution in [0.1, 0.15) is 37.4 Å². The first-order chi connectivity index (χ1) is 13.4. The fraction of sp³-hybridized carbons (Fsp3) is 0.0476. The van der Waals surface area contributed by atoms with Gasteiger partial charge in [-0.3, -0.25) is 0 Å². The SMILES string of the molecule is Nc1ccc2c(c1)Oc1cc(N)ccc1C21OC(=O)c2cc(C(=O)O)ccc21. The summed E-state index contributed by atoms with van der Waals surface area (Å²) in [6.45, 7) is 0. The summed E-state index contributed by atoms with van der Waals surface area (Å²) in [4.78, 5) is 24.1. The van der Waals surface area contributed by atoms with Crippen molar-refractivity contribution in [1.29, 1.82) is 0 Å². The molecule has 0 fully saturated rings. The van der Waals surface area contributed by atoms with Gasteiger partial charge in [-0.05, 0) is 36.4 Å². The molecule has 28 heavy (non-hydrogen) atoms. The van der Waals surface area contributed by atoms with Crippen LogP contribution in [0.2, 0.25) is 0 Å². The van der Waals surface area contributed by atoms with Crippen LogP contribution in [0.15, 0.2) is 54.6 Å². The molecule has 2 aliphatic heterocycles. The van der Waals surface area contributed by atoms with Crippen LogP contribution in [0.4, 0.5) is 11.4 Å². The monoisotopic (exact) mass is 374 g/mol. The summed E-state index contributed by atoms with van der Waals surface area (Å²) in [7, 11) is 0. The van der Waals surface area contributed by atoms with Crippen LogP contribution in [-0.2, 0) is 10.3 Å². The van der Waals surface area contributed by atoms with E-state index in [2.05, 4.69) is 0 Å². The van der Waals surface area contributed by atoms with Gasteiger partial charge in [0.15, 0.2) is 5.60 Å². The molecule has 0 saturated heterocycles. The van der Waals surface area contributed by atoms with Crippen molar-refractivity contribution >= 4 is 23.3 Å². The molecule has 0 amide bonds. The Balaban J connectivity index is 1.87. The van der Waals surface area contributed by atoms with Crippen molar-refractivity contribution in [2.24, 2.45) is 0 Å². The molecule has 0 aromatic heterocycles. The van der Waals surface area contributed by atoms with Crippen LogP contribution in [-0.4, -0.2) is 17.0 Å². The highest BCUT2D eigenvalue weighted by atomic mass is 16.6. The third-order valence-electron chi connectivity index (χ3n) is 5.10. The number of nitrogen functional groups attached to an aromatic ring is 2. The van der Waals surface area contributed by atoms with Crippen molar-refractivity contribution in [2.45, 2.75) is 5.60 Å². The number of nitrogens with two attached hydrogens (primary N) is 2. The quantitative estimate of drug-likeness (QED) is 0.441. The standard InChI is InChI=1S/C21H14N2O5/c22-11-2-5-15-17(8-11)27-18-9-12(23)3-6-16(18)21(15)14-4-1-10(19(24)25)7-13(14)20(26)28-21/h1-9H,22-23H2,(H,24,25). The van der Waals surface area contributed by atoms with Gasteiger partial charge < -0.3 is 26.0 Å². The maximum atomic E-state index is 12.8. The van der Waals surface area contributed by atoms with Crippen molar-refractivity contribution in [2.75, 3.05) is 11.5 Å². The molecule has 5 rings (SSSR count). The van der Waals surface area contributed by atoms with Gasteiger partial charge in [-0.1, -0.05) is 6.07 Å². The summed E-state index contributed by atoms with van der Waals surface area (Å²) in [5.74, 6) is -0.836. The zero-order chi connectivity index (χ0) is 19.6. The van der Waals surface area contributed by atoms with Crippen LogP contribution in [0.3, 0.4) is 0 Å². The van der Waals surface area contributed by atoms with Crippen LogP contribution >= 0.6 is 0 Å². The van der Waals surface area contributed by atoms with E-state index in [0.29, 0.717) is 39.6 Å². The number of carbonyl (C=O) groups excluding carboxylic acids is 1. The summed E-state index contributed by atoms with van der Waals surface area (Å²) in [6, 6.07) is 14.6. The van der Waals surface area contributed by atoms with Crippen molar-refractivity contribution in [1.82, 2.24) is 0 Å². The molecule has 3 aromatic rings. The zero-order valence-electron chi connectivity index (χ0n) is 14.4. The van der Waals surface area contributed by atoms with E-state index >= 15 is 0 Å². The highest BCUT2D eigenvalue weighted by Crippen LogP contribution is 2.56. The van der Waals surface area contributed by atoms with Crippen molar-refractivity contribution < 1.29 is 24.2 Å². The minimum Gasteiger partial charge on any atom is -0.478 e. The average Bonchev–Trinajstić information content (AvgIpc) is 2.94. The Bertz CT molecular complexity index is 1150. The first kappa shape index (κ1) is 16.2. The molecule has 0 saturated carbocycles. The second kappa shape index (κ2) is 5.26. The van der Waals surface area contributed by atoms with Gasteiger partial charge in [-0.15, -0.1) is 0 Å². The van der Waals surface area contributed by atoms with Crippen molar-refractivity contribution in [3.05, 3.63) is 82.4 Å². The molecule has 2 heterocycles. The molecule has 0 unspecified atom stereocenters. The predicted molar refractivity (Wildman–Crippen MR) is 100 cm³/mol. The lowest BCUT2D eigenvalue weighted by Crippen LogP contribution is -2.33. The number of carboxylic acids is 1. The third-order valence-corrected chi connectivity index (χ3v) is 5.10. The zero-order valence-corrected chi connectivity index (χ0v) is 14.4. The number of ether oxygens (including phenoxy) is 2. The lowest BCUT2D eigenvalue weighted by molar-refractivity contribution is 0.0224. The molecule has 138 valence electrons. The van der Waals surface area contributed by atoms with Gasteiger partial charge in [0, 0.05) is 40.2 Å². The maximum Gasteiger partial charge on any atom is 0.340 e. The second-order valence-electron chi connectivity index (χ2n) is 6.75. The lowest BCUT2D eigenvalue weighted by atomic mass is 9.77. The third kappa shape index (κ3) is 1.98. The average molecular weight is 374 g/mol. The highest BCUT2D eigenvalue weighted by molar-refractivity contribution is 6.00. The first-order valence-corrected chi connectivity index (χ1v) is 8.49. The fourth-order valence-corrected chi connectivity index (χ4v) is 3.89. The van der Waals surface area contributed by atoms with E-state index in [1.54, 1.807) is 42.5 Å². The molecular formula is C21H14N2O5. The number of anilines is 2. The van der Waals surface area contributed by atoms with E-state index in [1.807, 2.05) is 0 Å². The number of hydrogen-bond donors (Lipinski definition) is 3. The molecule has 7 nitrogen and oxygen atoms in total. The molecule has 3 aromatic carbocycles. The smallest absolute Gasteiger partial charge is 0.340 e. The van der Waals surface area contributed by atoms with Crippen molar-refractivity contribution in [3.8, 4) is 11.5 Å². The molecule has 5 N–H and O–H groups in total. The van der Waals surface area contributed by atoms with Crippen molar-refractivity contribution in [3.63, 3.8) is 0 Å². The summed E-state index contributed by atoms with van der Waals surface area (Å²) in [5.41, 5.74) is 13.5. The van der Waals surface area contributed by atoms with Crippen LogP contribution in [0.25, 0.3) is 0 Å². The number of aromatic carboxylic acids is 1. The van der Waals surface area contributed by atoms with E-state index in [0.717, 1.165) is 0 Å². The second-order valence-corrected chi connectivity index (χ2v) is 6.75. The topological polar surface area (TPSA) is 125 Å². The molecule has 0 atom stereocenters. The number of carboxylic acid groups (broad SMARTS) is 1. The van der Waals surface area contributed by atoms with Crippen LogP contribution in [0.5, 0.6) is 11.5 Å². The Morgan fingerprint density at radius 3 is 2.00 bits per heavy atom. The summed E-state index contributed by atoms with van der Waals surface area (Å²) >= 11 is 0. The van der Waals surface area contributed by atoms with Gasteiger partial charge in [0.1, 0.15) is 11.5 Å². The number of esters is 1. The minimum absolute atomic E-state index is 0.00914. The lowest BCUT2D eigenvalue weighted by Gasteiger charge is -2.36. The Morgan fingerprint density at radius 1 is 0.857 bits per heavy atom. The number of hydrogen-bond acceptors (Lipinski definition) is 6. The van der Waals surface area contributed by atoms with E-state index in [-0.39, 0.29) is 11.1 Å². The summed E-state index contributed by atoms with van der Waals surface area (Å²) in [5, 5.41) is 9.28. The van der Waals surface area contributed by atoms with Crippen LogP contribution in [0, 0.1) is 0 Å². The number of carbonyl (C=O) groups is 2. The Morgan fingerprint density at radius 2 is 1.43 bits per heavy atom. The minimum atomic E-state index is -1.27. The molecule has 0 bridgehead atoms. The fourth-order valence-electron chi connectivity index (χ4n) is 3.89. The van der Waals surface area contributed by atoms with E-state index in [9.17, 15) is 14.7 Å². The van der Waals surface area contributed by atoms with Gasteiger partial charge in [0.25, 0.3) is 0 Å². The van der Waals surface area contributed by atoms with Gasteiger partial charge in [-0.2, -0.15) is 0 Å². The maximum absolute atomic E-state index is 12.8. The number of benzene rings is 3. The normalized spacial score (nSPS) is 15.2. The molecular weight excluding hydrogens is 360 g/mol. The molecule has 0 radical (unpaired) electrons. The van der Waals surface area contributed by atoms with Gasteiger partial charge in [0.05, 0.1) is 11.1 Å². The first-order valence-electron chi connectivity index (χ1n) is 8.49. The number of rotatable bonds is 1.